The van der Waals surface area contributed by atoms with Gasteiger partial charge in [0.2, 0.25) is 5.91 Å². The molecule has 0 saturated carbocycles. The fraction of sp³-hybridized carbons (Fsp3) is 0.526. The van der Waals surface area contributed by atoms with Crippen LogP contribution in [0.1, 0.15) is 51.3 Å². The fourth-order valence-electron chi connectivity index (χ4n) is 3.56. The molecule has 1 amide bonds. The number of carbonyl (C=O) groups is 1. The average molecular weight is 327 g/mol. The van der Waals surface area contributed by atoms with E-state index in [2.05, 4.69) is 21.8 Å². The zero-order chi connectivity index (χ0) is 16.9. The summed E-state index contributed by atoms with van der Waals surface area (Å²) >= 11 is 0. The van der Waals surface area contributed by atoms with Crippen LogP contribution in [-0.2, 0) is 11.2 Å². The highest BCUT2D eigenvalue weighted by atomic mass is 16.2. The number of carbonyl (C=O) groups excluding carboxylic acids is 1. The molecule has 0 spiro atoms. The van der Waals surface area contributed by atoms with Gasteiger partial charge in [-0.2, -0.15) is 0 Å². The number of benzene rings is 1. The van der Waals surface area contributed by atoms with Gasteiger partial charge in [0.1, 0.15) is 5.82 Å². The Kier molecular flexibility index (Phi) is 5.28. The van der Waals surface area contributed by atoms with Gasteiger partial charge in [-0.3, -0.25) is 9.59 Å². The molecular formula is C19H25N3O2. The zero-order valence-electron chi connectivity index (χ0n) is 14.3. The van der Waals surface area contributed by atoms with Gasteiger partial charge in [-0.1, -0.05) is 19.1 Å². The Hall–Kier alpha value is -2.17. The molecule has 2 heterocycles. The Balaban J connectivity index is 1.60. The van der Waals surface area contributed by atoms with E-state index in [1.807, 2.05) is 18.2 Å². The van der Waals surface area contributed by atoms with E-state index in [4.69, 9.17) is 0 Å². The van der Waals surface area contributed by atoms with Gasteiger partial charge in [0.25, 0.3) is 5.56 Å². The first-order chi connectivity index (χ1) is 11.7. The molecule has 1 N–H and O–H groups in total. The lowest BCUT2D eigenvalue weighted by atomic mass is 9.99. The molecular weight excluding hydrogens is 302 g/mol. The summed E-state index contributed by atoms with van der Waals surface area (Å²) in [7, 11) is 0. The first-order valence-corrected chi connectivity index (χ1v) is 8.96. The summed E-state index contributed by atoms with van der Waals surface area (Å²) in [6.45, 7) is 3.04. The molecule has 1 fully saturated rings. The van der Waals surface area contributed by atoms with Crippen LogP contribution in [0.25, 0.3) is 10.9 Å². The van der Waals surface area contributed by atoms with Crippen LogP contribution in [0.15, 0.2) is 29.1 Å². The quantitative estimate of drug-likeness (QED) is 0.918. The highest BCUT2D eigenvalue weighted by Crippen LogP contribution is 2.20. The zero-order valence-corrected chi connectivity index (χ0v) is 14.3. The van der Waals surface area contributed by atoms with Crippen LogP contribution in [0, 0.1) is 0 Å². The van der Waals surface area contributed by atoms with Crippen molar-refractivity contribution in [2.24, 2.45) is 0 Å². The highest BCUT2D eigenvalue weighted by molar-refractivity contribution is 5.77. The van der Waals surface area contributed by atoms with Crippen molar-refractivity contribution >= 4 is 16.8 Å². The number of H-pyrrole nitrogens is 1. The third-order valence-corrected chi connectivity index (χ3v) is 4.88. The maximum absolute atomic E-state index is 12.5. The van der Waals surface area contributed by atoms with E-state index in [1.165, 1.54) is 6.42 Å². The molecule has 1 atom stereocenters. The number of aromatic nitrogens is 2. The molecule has 1 aliphatic heterocycles. The molecule has 3 rings (SSSR count). The van der Waals surface area contributed by atoms with E-state index in [1.54, 1.807) is 6.07 Å². The maximum Gasteiger partial charge on any atom is 0.258 e. The summed E-state index contributed by atoms with van der Waals surface area (Å²) in [5.74, 6) is 0.905. The van der Waals surface area contributed by atoms with E-state index < -0.39 is 0 Å². The number of likely N-dealkylation sites (tertiary alicyclic amines) is 1. The van der Waals surface area contributed by atoms with E-state index in [9.17, 15) is 9.59 Å². The maximum atomic E-state index is 12.5. The van der Waals surface area contributed by atoms with E-state index >= 15 is 0 Å². The minimum absolute atomic E-state index is 0.107. The Morgan fingerprint density at radius 3 is 3.00 bits per heavy atom. The van der Waals surface area contributed by atoms with Crippen molar-refractivity contribution in [3.8, 4) is 0 Å². The lowest BCUT2D eigenvalue weighted by Gasteiger charge is -2.35. The van der Waals surface area contributed by atoms with Crippen LogP contribution in [0.2, 0.25) is 0 Å². The topological polar surface area (TPSA) is 66.1 Å². The predicted molar refractivity (Wildman–Crippen MR) is 94.9 cm³/mol. The number of rotatable bonds is 5. The number of hydrogen-bond acceptors (Lipinski definition) is 3. The van der Waals surface area contributed by atoms with Crippen LogP contribution in [0.5, 0.6) is 0 Å². The molecule has 0 aliphatic carbocycles. The molecule has 0 bridgehead atoms. The molecule has 1 aromatic carbocycles. The first-order valence-electron chi connectivity index (χ1n) is 8.96. The number of piperidine rings is 1. The molecule has 1 aromatic heterocycles. The number of hydrogen-bond donors (Lipinski definition) is 1. The fourth-order valence-corrected chi connectivity index (χ4v) is 3.56. The second-order valence-corrected chi connectivity index (χ2v) is 6.53. The normalized spacial score (nSPS) is 18.0. The van der Waals surface area contributed by atoms with Crippen LogP contribution in [0.4, 0.5) is 0 Å². The molecule has 24 heavy (non-hydrogen) atoms. The molecule has 1 saturated heterocycles. The molecule has 5 nitrogen and oxygen atoms in total. The largest absolute Gasteiger partial charge is 0.340 e. The van der Waals surface area contributed by atoms with Crippen molar-refractivity contribution < 1.29 is 4.79 Å². The monoisotopic (exact) mass is 327 g/mol. The van der Waals surface area contributed by atoms with Gasteiger partial charge in [0.05, 0.1) is 10.9 Å². The number of fused-ring (bicyclic) bond motifs is 1. The van der Waals surface area contributed by atoms with Gasteiger partial charge < -0.3 is 9.88 Å². The lowest BCUT2D eigenvalue weighted by Crippen LogP contribution is -2.43. The molecule has 0 radical (unpaired) electrons. The van der Waals surface area contributed by atoms with E-state index in [-0.39, 0.29) is 11.5 Å². The van der Waals surface area contributed by atoms with Crippen molar-refractivity contribution in [2.75, 3.05) is 6.54 Å². The van der Waals surface area contributed by atoms with Gasteiger partial charge in [0, 0.05) is 25.4 Å². The van der Waals surface area contributed by atoms with Gasteiger partial charge in [-0.15, -0.1) is 0 Å². The van der Waals surface area contributed by atoms with Crippen molar-refractivity contribution in [3.05, 3.63) is 40.4 Å². The third-order valence-electron chi connectivity index (χ3n) is 4.88. The minimum Gasteiger partial charge on any atom is -0.340 e. The van der Waals surface area contributed by atoms with Crippen molar-refractivity contribution in [1.29, 1.82) is 0 Å². The van der Waals surface area contributed by atoms with Gasteiger partial charge in [-0.25, -0.2) is 4.98 Å². The number of amides is 1. The number of para-hydroxylation sites is 1. The second kappa shape index (κ2) is 7.60. The first kappa shape index (κ1) is 16.7. The number of aryl methyl sites for hydroxylation is 1. The molecule has 1 unspecified atom stereocenters. The number of nitrogens with one attached hydrogen (secondary N) is 1. The van der Waals surface area contributed by atoms with E-state index in [0.29, 0.717) is 42.0 Å². The van der Waals surface area contributed by atoms with Crippen LogP contribution < -0.4 is 5.56 Å². The second-order valence-electron chi connectivity index (χ2n) is 6.53. The van der Waals surface area contributed by atoms with Gasteiger partial charge in [-0.05, 0) is 44.2 Å². The molecule has 128 valence electrons. The summed E-state index contributed by atoms with van der Waals surface area (Å²) in [4.78, 5) is 33.9. The number of nitrogens with zero attached hydrogens (tertiary/aromatic N) is 2. The predicted octanol–water partition coefficient (Wildman–Crippen LogP) is 3.04. The SMILES string of the molecule is CCC1CCCCN1C(=O)CCCc1nc2ccccc2c(=O)[nH]1. The van der Waals surface area contributed by atoms with Gasteiger partial charge in [0.15, 0.2) is 0 Å². The average Bonchev–Trinajstić information content (AvgIpc) is 2.61. The minimum atomic E-state index is -0.107. The van der Waals surface area contributed by atoms with Crippen LogP contribution in [0.3, 0.4) is 0 Å². The Labute approximate surface area is 142 Å². The summed E-state index contributed by atoms with van der Waals surface area (Å²) in [6.07, 6.45) is 6.36. The van der Waals surface area contributed by atoms with Crippen LogP contribution >= 0.6 is 0 Å². The lowest BCUT2D eigenvalue weighted by molar-refractivity contribution is -0.135. The van der Waals surface area contributed by atoms with Gasteiger partial charge >= 0.3 is 0 Å². The standard InChI is InChI=1S/C19H25N3O2/c1-2-14-8-5-6-13-22(14)18(23)12-7-11-17-20-16-10-4-3-9-15(16)19(24)21-17/h3-4,9-10,14H,2,5-8,11-13H2,1H3,(H,20,21,24). The summed E-state index contributed by atoms with van der Waals surface area (Å²) < 4.78 is 0. The van der Waals surface area contributed by atoms with E-state index in [0.717, 1.165) is 25.8 Å². The Morgan fingerprint density at radius 1 is 1.33 bits per heavy atom. The van der Waals surface area contributed by atoms with Crippen molar-refractivity contribution in [3.63, 3.8) is 0 Å². The van der Waals surface area contributed by atoms with Crippen molar-refractivity contribution in [2.45, 2.75) is 57.9 Å². The van der Waals surface area contributed by atoms with Crippen molar-refractivity contribution in [1.82, 2.24) is 14.9 Å². The third kappa shape index (κ3) is 3.66. The summed E-state index contributed by atoms with van der Waals surface area (Å²) in [6, 6.07) is 7.74. The molecule has 5 heteroatoms. The van der Waals surface area contributed by atoms with Crippen LogP contribution in [-0.4, -0.2) is 33.4 Å². The highest BCUT2D eigenvalue weighted by Gasteiger charge is 2.24. The smallest absolute Gasteiger partial charge is 0.258 e. The molecule has 2 aromatic rings. The summed E-state index contributed by atoms with van der Waals surface area (Å²) in [5.41, 5.74) is 0.605. The Morgan fingerprint density at radius 2 is 2.17 bits per heavy atom. The number of aromatic amines is 1. The Bertz CT molecular complexity index is 769. The molecule has 1 aliphatic rings. The summed E-state index contributed by atoms with van der Waals surface area (Å²) in [5, 5.41) is 0.608.